The van der Waals surface area contributed by atoms with E-state index < -0.39 is 11.5 Å². The van der Waals surface area contributed by atoms with Crippen LogP contribution in [0.2, 0.25) is 10.0 Å². The zero-order chi connectivity index (χ0) is 11.9. The van der Waals surface area contributed by atoms with Crippen LogP contribution in [0, 0.1) is 5.92 Å². The maximum Gasteiger partial charge on any atom is 0.328 e. The summed E-state index contributed by atoms with van der Waals surface area (Å²) in [7, 11) is 0. The van der Waals surface area contributed by atoms with E-state index >= 15 is 0 Å². The SMILES string of the molecule is NC(C(=O)O)(c1ccc(Cl)c(Cl)c1)C1CC1. The number of carboxylic acids is 1. The first-order chi connectivity index (χ1) is 7.46. The maximum absolute atomic E-state index is 11.3. The maximum atomic E-state index is 11.3. The van der Waals surface area contributed by atoms with Crippen molar-refractivity contribution in [2.45, 2.75) is 18.4 Å². The molecule has 1 aliphatic carbocycles. The van der Waals surface area contributed by atoms with E-state index in [1.807, 2.05) is 0 Å². The molecule has 0 bridgehead atoms. The molecular weight excluding hydrogens is 249 g/mol. The number of hydrogen-bond acceptors (Lipinski definition) is 2. The zero-order valence-corrected chi connectivity index (χ0v) is 9.92. The first-order valence-corrected chi connectivity index (χ1v) is 5.69. The van der Waals surface area contributed by atoms with Crippen molar-refractivity contribution < 1.29 is 9.90 Å². The van der Waals surface area contributed by atoms with Gasteiger partial charge in [0.05, 0.1) is 10.0 Å². The van der Waals surface area contributed by atoms with Crippen LogP contribution >= 0.6 is 23.2 Å². The van der Waals surface area contributed by atoms with Crippen LogP contribution in [-0.4, -0.2) is 11.1 Å². The number of benzene rings is 1. The van der Waals surface area contributed by atoms with Crippen LogP contribution in [-0.2, 0) is 10.3 Å². The number of carbonyl (C=O) groups is 1. The molecule has 1 atom stereocenters. The molecule has 2 rings (SSSR count). The average Bonchev–Trinajstić information content (AvgIpc) is 3.04. The van der Waals surface area contributed by atoms with Crippen molar-refractivity contribution in [2.75, 3.05) is 0 Å². The lowest BCUT2D eigenvalue weighted by molar-refractivity contribution is -0.144. The second-order valence-electron chi connectivity index (χ2n) is 4.08. The predicted octanol–water partition coefficient (Wildman–Crippen LogP) is 2.64. The van der Waals surface area contributed by atoms with Crippen molar-refractivity contribution in [3.63, 3.8) is 0 Å². The van der Waals surface area contributed by atoms with E-state index in [1.54, 1.807) is 12.1 Å². The Balaban J connectivity index is 2.47. The van der Waals surface area contributed by atoms with Gasteiger partial charge in [0.15, 0.2) is 0 Å². The highest BCUT2D eigenvalue weighted by Crippen LogP contribution is 2.45. The van der Waals surface area contributed by atoms with Crippen LogP contribution in [0.15, 0.2) is 18.2 Å². The first kappa shape index (κ1) is 11.7. The fourth-order valence-corrected chi connectivity index (χ4v) is 2.12. The quantitative estimate of drug-likeness (QED) is 0.878. The van der Waals surface area contributed by atoms with Gasteiger partial charge in [0.2, 0.25) is 0 Å². The second kappa shape index (κ2) is 3.91. The van der Waals surface area contributed by atoms with Gasteiger partial charge < -0.3 is 10.8 Å². The Bertz CT molecular complexity index is 446. The average molecular weight is 260 g/mol. The number of aliphatic carboxylic acids is 1. The number of carboxylic acid groups (broad SMARTS) is 1. The first-order valence-electron chi connectivity index (χ1n) is 4.94. The Morgan fingerprint density at radius 3 is 2.44 bits per heavy atom. The van der Waals surface area contributed by atoms with Crippen molar-refractivity contribution in [2.24, 2.45) is 11.7 Å². The lowest BCUT2D eigenvalue weighted by Crippen LogP contribution is -2.47. The lowest BCUT2D eigenvalue weighted by atomic mass is 9.86. The van der Waals surface area contributed by atoms with Crippen LogP contribution in [0.25, 0.3) is 0 Å². The molecule has 0 aromatic heterocycles. The van der Waals surface area contributed by atoms with Gasteiger partial charge in [0.25, 0.3) is 0 Å². The summed E-state index contributed by atoms with van der Waals surface area (Å²) in [4.78, 5) is 11.3. The van der Waals surface area contributed by atoms with E-state index in [0.717, 1.165) is 12.8 Å². The Kier molecular flexibility index (Phi) is 2.86. The Hall–Kier alpha value is -0.770. The Morgan fingerprint density at radius 2 is 2.00 bits per heavy atom. The van der Waals surface area contributed by atoms with E-state index in [0.29, 0.717) is 15.6 Å². The fraction of sp³-hybridized carbons (Fsp3) is 0.364. The third kappa shape index (κ3) is 1.79. The van der Waals surface area contributed by atoms with Gasteiger partial charge in [-0.25, -0.2) is 4.79 Å². The van der Waals surface area contributed by atoms with Gasteiger partial charge in [-0.15, -0.1) is 0 Å². The van der Waals surface area contributed by atoms with Gasteiger partial charge in [-0.3, -0.25) is 0 Å². The normalized spacial score (nSPS) is 19.2. The van der Waals surface area contributed by atoms with Gasteiger partial charge in [-0.1, -0.05) is 29.3 Å². The van der Waals surface area contributed by atoms with Crippen molar-refractivity contribution >= 4 is 29.2 Å². The number of hydrogen-bond donors (Lipinski definition) is 2. The molecule has 0 saturated heterocycles. The molecule has 16 heavy (non-hydrogen) atoms. The summed E-state index contributed by atoms with van der Waals surface area (Å²) in [6.45, 7) is 0. The monoisotopic (exact) mass is 259 g/mol. The minimum Gasteiger partial charge on any atom is -0.480 e. The highest BCUT2D eigenvalue weighted by molar-refractivity contribution is 6.42. The van der Waals surface area contributed by atoms with Crippen molar-refractivity contribution in [1.82, 2.24) is 0 Å². The van der Waals surface area contributed by atoms with Crippen LogP contribution in [0.4, 0.5) is 0 Å². The summed E-state index contributed by atoms with van der Waals surface area (Å²) in [5.41, 5.74) is 5.16. The largest absolute Gasteiger partial charge is 0.480 e. The van der Waals surface area contributed by atoms with Gasteiger partial charge in [-0.2, -0.15) is 0 Å². The highest BCUT2D eigenvalue weighted by atomic mass is 35.5. The molecule has 1 saturated carbocycles. The molecule has 0 spiro atoms. The fourth-order valence-electron chi connectivity index (χ4n) is 1.83. The molecule has 1 aromatic rings. The molecule has 1 aliphatic rings. The van der Waals surface area contributed by atoms with Crippen molar-refractivity contribution in [3.8, 4) is 0 Å². The molecule has 3 nitrogen and oxygen atoms in total. The summed E-state index contributed by atoms with van der Waals surface area (Å²) >= 11 is 11.7. The zero-order valence-electron chi connectivity index (χ0n) is 8.41. The van der Waals surface area contributed by atoms with Crippen LogP contribution in [0.5, 0.6) is 0 Å². The minimum atomic E-state index is -1.34. The Morgan fingerprint density at radius 1 is 1.38 bits per heavy atom. The molecule has 0 aliphatic heterocycles. The smallest absolute Gasteiger partial charge is 0.328 e. The topological polar surface area (TPSA) is 63.3 Å². The lowest BCUT2D eigenvalue weighted by Gasteiger charge is -2.25. The van der Waals surface area contributed by atoms with E-state index in [-0.39, 0.29) is 5.92 Å². The van der Waals surface area contributed by atoms with Crippen molar-refractivity contribution in [1.29, 1.82) is 0 Å². The number of halogens is 2. The highest BCUT2D eigenvalue weighted by Gasteiger charge is 2.49. The second-order valence-corrected chi connectivity index (χ2v) is 4.89. The van der Waals surface area contributed by atoms with Gasteiger partial charge in [0.1, 0.15) is 5.54 Å². The van der Waals surface area contributed by atoms with Gasteiger partial charge in [-0.05, 0) is 36.5 Å². The summed E-state index contributed by atoms with van der Waals surface area (Å²) in [6, 6.07) is 4.74. The molecule has 1 aromatic carbocycles. The molecule has 0 amide bonds. The molecule has 1 fully saturated rings. The molecule has 1 unspecified atom stereocenters. The number of rotatable bonds is 3. The van der Waals surface area contributed by atoms with Crippen LogP contribution in [0.3, 0.4) is 0 Å². The summed E-state index contributed by atoms with van der Waals surface area (Å²) in [5, 5.41) is 9.98. The summed E-state index contributed by atoms with van der Waals surface area (Å²) in [6.07, 6.45) is 1.67. The molecule has 0 heterocycles. The van der Waals surface area contributed by atoms with Crippen LogP contribution in [0.1, 0.15) is 18.4 Å². The third-order valence-corrected chi connectivity index (χ3v) is 3.71. The van der Waals surface area contributed by atoms with E-state index in [1.165, 1.54) is 6.07 Å². The predicted molar refractivity (Wildman–Crippen MR) is 62.7 cm³/mol. The van der Waals surface area contributed by atoms with Gasteiger partial charge >= 0.3 is 5.97 Å². The molecule has 0 radical (unpaired) electrons. The molecule has 3 N–H and O–H groups in total. The summed E-state index contributed by atoms with van der Waals surface area (Å²) < 4.78 is 0. The van der Waals surface area contributed by atoms with E-state index in [4.69, 9.17) is 28.9 Å². The molecule has 5 heteroatoms. The van der Waals surface area contributed by atoms with Crippen molar-refractivity contribution in [3.05, 3.63) is 33.8 Å². The molecule has 86 valence electrons. The standard InChI is InChI=1S/C11H11Cl2NO2/c12-8-4-3-7(5-9(8)13)11(14,10(15)16)6-1-2-6/h3-6H,1-2,14H2,(H,15,16). The van der Waals surface area contributed by atoms with E-state index in [9.17, 15) is 9.90 Å². The van der Waals surface area contributed by atoms with E-state index in [2.05, 4.69) is 0 Å². The van der Waals surface area contributed by atoms with Crippen LogP contribution < -0.4 is 5.73 Å². The van der Waals surface area contributed by atoms with Gasteiger partial charge in [0, 0.05) is 0 Å². The third-order valence-electron chi connectivity index (χ3n) is 2.97. The number of nitrogens with two attached hydrogens (primary N) is 1. The minimum absolute atomic E-state index is 0.0118. The molecular formula is C11H11Cl2NO2. The summed E-state index contributed by atoms with van der Waals surface area (Å²) in [5.74, 6) is -1.03. The Labute approximate surface area is 103 Å².